The lowest BCUT2D eigenvalue weighted by molar-refractivity contribution is -0.143. The number of hydrogen-bond donors (Lipinski definition) is 0. The van der Waals surface area contributed by atoms with Crippen molar-refractivity contribution in [1.82, 2.24) is 4.90 Å². The summed E-state index contributed by atoms with van der Waals surface area (Å²) in [6.45, 7) is 3.90. The van der Waals surface area contributed by atoms with Crippen LogP contribution in [-0.2, 0) is 9.53 Å². The van der Waals surface area contributed by atoms with Crippen LogP contribution in [0.1, 0.15) is 22.8 Å². The highest BCUT2D eigenvalue weighted by atomic mass is 16.5. The Labute approximate surface area is 101 Å². The second-order valence-corrected chi connectivity index (χ2v) is 3.78. The van der Waals surface area contributed by atoms with Crippen LogP contribution in [0.3, 0.4) is 0 Å². The van der Waals surface area contributed by atoms with Gasteiger partial charge >= 0.3 is 5.97 Å². The SMILES string of the molecule is CCOC(=O)CN(C)C(=O)c1ccccc1C. The number of rotatable bonds is 4. The summed E-state index contributed by atoms with van der Waals surface area (Å²) < 4.78 is 4.80. The lowest BCUT2D eigenvalue weighted by Gasteiger charge is -2.17. The van der Waals surface area contributed by atoms with Crippen LogP contribution >= 0.6 is 0 Å². The van der Waals surface area contributed by atoms with Crippen molar-refractivity contribution >= 4 is 11.9 Å². The van der Waals surface area contributed by atoms with Gasteiger partial charge < -0.3 is 9.64 Å². The van der Waals surface area contributed by atoms with Gasteiger partial charge in [0.05, 0.1) is 6.61 Å². The molecular formula is C13H17NO3. The predicted octanol–water partition coefficient (Wildman–Crippen LogP) is 1.63. The van der Waals surface area contributed by atoms with Crippen molar-refractivity contribution in [2.24, 2.45) is 0 Å². The number of carbonyl (C=O) groups excluding carboxylic acids is 2. The van der Waals surface area contributed by atoms with Crippen LogP contribution in [-0.4, -0.2) is 37.0 Å². The molecular weight excluding hydrogens is 218 g/mol. The Morgan fingerprint density at radius 1 is 1.29 bits per heavy atom. The molecule has 17 heavy (non-hydrogen) atoms. The summed E-state index contributed by atoms with van der Waals surface area (Å²) in [6.07, 6.45) is 0. The number of aryl methyl sites for hydroxylation is 1. The highest BCUT2D eigenvalue weighted by molar-refractivity contribution is 5.97. The molecule has 0 aliphatic heterocycles. The third-order valence-electron chi connectivity index (χ3n) is 2.39. The molecule has 0 bridgehead atoms. The van der Waals surface area contributed by atoms with E-state index in [1.807, 2.05) is 19.1 Å². The van der Waals surface area contributed by atoms with Gasteiger partial charge in [-0.2, -0.15) is 0 Å². The van der Waals surface area contributed by atoms with Crippen LogP contribution in [0.25, 0.3) is 0 Å². The first-order valence-electron chi connectivity index (χ1n) is 5.53. The van der Waals surface area contributed by atoms with Crippen molar-refractivity contribution in [2.75, 3.05) is 20.2 Å². The topological polar surface area (TPSA) is 46.6 Å². The van der Waals surface area contributed by atoms with Crippen molar-refractivity contribution < 1.29 is 14.3 Å². The van der Waals surface area contributed by atoms with Crippen LogP contribution < -0.4 is 0 Å². The predicted molar refractivity (Wildman–Crippen MR) is 64.8 cm³/mol. The monoisotopic (exact) mass is 235 g/mol. The fraction of sp³-hybridized carbons (Fsp3) is 0.385. The Morgan fingerprint density at radius 2 is 1.94 bits per heavy atom. The quantitative estimate of drug-likeness (QED) is 0.745. The molecule has 1 rings (SSSR count). The molecule has 0 heterocycles. The van der Waals surface area contributed by atoms with Crippen LogP contribution in [0.5, 0.6) is 0 Å². The van der Waals surface area contributed by atoms with E-state index in [2.05, 4.69) is 0 Å². The van der Waals surface area contributed by atoms with E-state index in [1.54, 1.807) is 26.1 Å². The minimum atomic E-state index is -0.392. The minimum absolute atomic E-state index is 0.0268. The maximum atomic E-state index is 12.0. The summed E-state index contributed by atoms with van der Waals surface area (Å²) in [6, 6.07) is 7.29. The van der Waals surface area contributed by atoms with Gasteiger partial charge in [0.25, 0.3) is 5.91 Å². The molecule has 92 valence electrons. The number of carbonyl (C=O) groups is 2. The second kappa shape index (κ2) is 6.03. The van der Waals surface area contributed by atoms with Gasteiger partial charge in [0.2, 0.25) is 0 Å². The van der Waals surface area contributed by atoms with E-state index in [0.29, 0.717) is 12.2 Å². The van der Waals surface area contributed by atoms with Gasteiger partial charge in [0, 0.05) is 12.6 Å². The van der Waals surface area contributed by atoms with E-state index in [9.17, 15) is 9.59 Å². The summed E-state index contributed by atoms with van der Waals surface area (Å²) in [5.74, 6) is -0.562. The summed E-state index contributed by atoms with van der Waals surface area (Å²) >= 11 is 0. The lowest BCUT2D eigenvalue weighted by Crippen LogP contribution is -2.33. The van der Waals surface area contributed by atoms with Gasteiger partial charge in [-0.05, 0) is 25.5 Å². The number of benzene rings is 1. The zero-order valence-corrected chi connectivity index (χ0v) is 10.4. The smallest absolute Gasteiger partial charge is 0.325 e. The van der Waals surface area contributed by atoms with E-state index < -0.39 is 5.97 Å². The highest BCUT2D eigenvalue weighted by Crippen LogP contribution is 2.09. The Hall–Kier alpha value is -1.84. The van der Waals surface area contributed by atoms with Gasteiger partial charge in [-0.25, -0.2) is 0 Å². The molecule has 0 fully saturated rings. The number of amides is 1. The van der Waals surface area contributed by atoms with E-state index in [0.717, 1.165) is 5.56 Å². The Kier molecular flexibility index (Phi) is 4.69. The van der Waals surface area contributed by atoms with Crippen LogP contribution in [0.2, 0.25) is 0 Å². The number of ether oxygens (including phenoxy) is 1. The van der Waals surface area contributed by atoms with Crippen LogP contribution in [0.4, 0.5) is 0 Å². The lowest BCUT2D eigenvalue weighted by atomic mass is 10.1. The average molecular weight is 235 g/mol. The van der Waals surface area contributed by atoms with Crippen molar-refractivity contribution in [3.63, 3.8) is 0 Å². The first-order valence-corrected chi connectivity index (χ1v) is 5.53. The first-order chi connectivity index (χ1) is 8.06. The normalized spacial score (nSPS) is 9.82. The number of nitrogens with zero attached hydrogens (tertiary/aromatic N) is 1. The molecule has 0 aromatic heterocycles. The summed E-state index contributed by atoms with van der Waals surface area (Å²) in [7, 11) is 1.59. The Morgan fingerprint density at radius 3 is 2.53 bits per heavy atom. The zero-order chi connectivity index (χ0) is 12.8. The molecule has 0 aliphatic rings. The third-order valence-corrected chi connectivity index (χ3v) is 2.39. The summed E-state index contributed by atoms with van der Waals surface area (Å²) in [5, 5.41) is 0. The van der Waals surface area contributed by atoms with Crippen molar-refractivity contribution in [3.8, 4) is 0 Å². The molecule has 0 atom stereocenters. The summed E-state index contributed by atoms with van der Waals surface area (Å²) in [5.41, 5.74) is 1.51. The largest absolute Gasteiger partial charge is 0.465 e. The maximum absolute atomic E-state index is 12.0. The molecule has 4 heteroatoms. The summed E-state index contributed by atoms with van der Waals surface area (Å²) in [4.78, 5) is 24.6. The number of likely N-dealkylation sites (N-methyl/N-ethyl adjacent to an activating group) is 1. The molecule has 0 aliphatic carbocycles. The number of hydrogen-bond acceptors (Lipinski definition) is 3. The fourth-order valence-corrected chi connectivity index (χ4v) is 1.49. The number of esters is 1. The molecule has 1 aromatic rings. The van der Waals surface area contributed by atoms with E-state index in [-0.39, 0.29) is 12.5 Å². The van der Waals surface area contributed by atoms with Crippen molar-refractivity contribution in [1.29, 1.82) is 0 Å². The molecule has 0 saturated carbocycles. The van der Waals surface area contributed by atoms with E-state index in [4.69, 9.17) is 4.74 Å². The standard InChI is InChI=1S/C13H17NO3/c1-4-17-12(15)9-14(3)13(16)11-8-6-5-7-10(11)2/h5-8H,4,9H2,1-3H3. The molecule has 0 spiro atoms. The van der Waals surface area contributed by atoms with Gasteiger partial charge in [0.15, 0.2) is 0 Å². The molecule has 1 aromatic carbocycles. The first kappa shape index (κ1) is 13.2. The van der Waals surface area contributed by atoms with Gasteiger partial charge in [-0.3, -0.25) is 9.59 Å². The van der Waals surface area contributed by atoms with Gasteiger partial charge in [-0.15, -0.1) is 0 Å². The maximum Gasteiger partial charge on any atom is 0.325 e. The fourth-order valence-electron chi connectivity index (χ4n) is 1.49. The van der Waals surface area contributed by atoms with Crippen LogP contribution in [0.15, 0.2) is 24.3 Å². The molecule has 0 N–H and O–H groups in total. The highest BCUT2D eigenvalue weighted by Gasteiger charge is 2.16. The second-order valence-electron chi connectivity index (χ2n) is 3.78. The van der Waals surface area contributed by atoms with Gasteiger partial charge in [0.1, 0.15) is 6.54 Å². The molecule has 0 saturated heterocycles. The molecule has 1 amide bonds. The van der Waals surface area contributed by atoms with E-state index >= 15 is 0 Å². The van der Waals surface area contributed by atoms with Crippen molar-refractivity contribution in [2.45, 2.75) is 13.8 Å². The Bertz CT molecular complexity index is 415. The van der Waals surface area contributed by atoms with E-state index in [1.165, 1.54) is 4.90 Å². The van der Waals surface area contributed by atoms with Crippen LogP contribution in [0, 0.1) is 6.92 Å². The zero-order valence-electron chi connectivity index (χ0n) is 10.4. The molecule has 0 radical (unpaired) electrons. The molecule has 0 unspecified atom stereocenters. The average Bonchev–Trinajstić information content (AvgIpc) is 2.29. The molecule has 4 nitrogen and oxygen atoms in total. The van der Waals surface area contributed by atoms with Gasteiger partial charge in [-0.1, -0.05) is 18.2 Å². The minimum Gasteiger partial charge on any atom is -0.465 e. The van der Waals surface area contributed by atoms with Crippen molar-refractivity contribution in [3.05, 3.63) is 35.4 Å². The Balaban J connectivity index is 2.70. The third kappa shape index (κ3) is 3.59.